The summed E-state index contributed by atoms with van der Waals surface area (Å²) in [5.74, 6) is -2.26. The highest BCUT2D eigenvalue weighted by atomic mass is 19.3. The number of amides is 2. The number of fused-ring (bicyclic) bond motifs is 1. The first-order chi connectivity index (χ1) is 14.8. The Morgan fingerprint density at radius 2 is 1.84 bits per heavy atom. The van der Waals surface area contributed by atoms with Crippen molar-refractivity contribution in [3.05, 3.63) is 53.2 Å². The van der Waals surface area contributed by atoms with E-state index in [1.807, 2.05) is 25.1 Å². The van der Waals surface area contributed by atoms with E-state index in [1.165, 1.54) is 11.1 Å². The molecule has 8 heteroatoms. The van der Waals surface area contributed by atoms with Gasteiger partial charge in [0.15, 0.2) is 0 Å². The zero-order valence-corrected chi connectivity index (χ0v) is 17.7. The van der Waals surface area contributed by atoms with Crippen molar-refractivity contribution in [1.82, 2.24) is 15.2 Å². The highest BCUT2D eigenvalue weighted by Crippen LogP contribution is 2.37. The van der Waals surface area contributed by atoms with Crippen LogP contribution in [-0.4, -0.2) is 53.3 Å². The van der Waals surface area contributed by atoms with E-state index in [9.17, 15) is 18.4 Å². The van der Waals surface area contributed by atoms with Crippen molar-refractivity contribution in [2.24, 2.45) is 0 Å². The number of halogens is 2. The maximum atomic E-state index is 13.4. The zero-order chi connectivity index (χ0) is 22.2. The molecule has 2 aliphatic rings. The topological polar surface area (TPSA) is 65.5 Å². The van der Waals surface area contributed by atoms with Gasteiger partial charge in [-0.3, -0.25) is 9.59 Å². The molecule has 1 fully saturated rings. The summed E-state index contributed by atoms with van der Waals surface area (Å²) < 4.78 is 26.8. The zero-order valence-electron chi connectivity index (χ0n) is 17.7. The van der Waals surface area contributed by atoms with Crippen molar-refractivity contribution in [3.8, 4) is 0 Å². The minimum atomic E-state index is -2.68. The van der Waals surface area contributed by atoms with Crippen molar-refractivity contribution in [2.75, 3.05) is 24.5 Å². The molecule has 1 saturated heterocycles. The third-order valence-electron chi connectivity index (χ3n) is 5.90. The quantitative estimate of drug-likeness (QED) is 0.805. The van der Waals surface area contributed by atoms with E-state index in [0.717, 1.165) is 23.5 Å². The van der Waals surface area contributed by atoms with Crippen LogP contribution in [0.1, 0.15) is 53.0 Å². The summed E-state index contributed by atoms with van der Waals surface area (Å²) in [5.41, 5.74) is 2.90. The Kier molecular flexibility index (Phi) is 5.64. The van der Waals surface area contributed by atoms with Crippen molar-refractivity contribution in [1.29, 1.82) is 0 Å². The third-order valence-corrected chi connectivity index (χ3v) is 5.90. The lowest BCUT2D eigenvalue weighted by Gasteiger charge is -2.31. The van der Waals surface area contributed by atoms with Crippen LogP contribution in [0.3, 0.4) is 0 Å². The summed E-state index contributed by atoms with van der Waals surface area (Å²) in [6.45, 7) is 4.64. The molecule has 0 aliphatic carbocycles. The molecule has 0 radical (unpaired) electrons. The fourth-order valence-electron chi connectivity index (χ4n) is 4.24. The van der Waals surface area contributed by atoms with E-state index >= 15 is 0 Å². The molecule has 0 saturated carbocycles. The van der Waals surface area contributed by atoms with Crippen LogP contribution in [0.25, 0.3) is 0 Å². The lowest BCUT2D eigenvalue weighted by molar-refractivity contribution is -0.0494. The second kappa shape index (κ2) is 8.24. The van der Waals surface area contributed by atoms with E-state index in [-0.39, 0.29) is 43.8 Å². The Bertz CT molecular complexity index is 984. The molecule has 164 valence electrons. The van der Waals surface area contributed by atoms with Gasteiger partial charge in [0.05, 0.1) is 5.56 Å². The standard InChI is InChI=1S/C23H26F2N4O2/c1-3-26-21(30)16-4-6-19(7-5-16)29-15(2)12-17-13-18(14-27-20(17)29)22(31)28-10-8-23(24,25)9-11-28/h4-7,13-15H,3,8-12H2,1-2H3,(H,26,30). The van der Waals surface area contributed by atoms with Gasteiger partial charge in [-0.05, 0) is 56.2 Å². The third kappa shape index (κ3) is 4.24. The first kappa shape index (κ1) is 21.2. The molecular formula is C23H26F2N4O2. The van der Waals surface area contributed by atoms with Gasteiger partial charge in [-0.15, -0.1) is 0 Å². The average Bonchev–Trinajstić information content (AvgIpc) is 3.08. The fraction of sp³-hybridized carbons (Fsp3) is 0.435. The molecule has 1 N–H and O–H groups in total. The predicted molar refractivity (Wildman–Crippen MR) is 114 cm³/mol. The normalized spacial score (nSPS) is 19.8. The average molecular weight is 428 g/mol. The SMILES string of the molecule is CCNC(=O)c1ccc(N2c3ncc(C(=O)N4CCC(F)(F)CC4)cc3CC2C)cc1. The highest BCUT2D eigenvalue weighted by molar-refractivity contribution is 5.95. The minimum Gasteiger partial charge on any atom is -0.352 e. The van der Waals surface area contributed by atoms with Gasteiger partial charge in [0.2, 0.25) is 0 Å². The Morgan fingerprint density at radius 1 is 1.16 bits per heavy atom. The van der Waals surface area contributed by atoms with E-state index in [4.69, 9.17) is 0 Å². The molecule has 1 unspecified atom stereocenters. The molecule has 6 nitrogen and oxygen atoms in total. The molecule has 2 aliphatic heterocycles. The van der Waals surface area contributed by atoms with Crippen LogP contribution in [0.15, 0.2) is 36.5 Å². The minimum absolute atomic E-state index is 0.0589. The second-order valence-electron chi connectivity index (χ2n) is 8.18. The van der Waals surface area contributed by atoms with Crippen LogP contribution in [-0.2, 0) is 6.42 Å². The lowest BCUT2D eigenvalue weighted by Crippen LogP contribution is -2.42. The molecule has 0 spiro atoms. The van der Waals surface area contributed by atoms with Gasteiger partial charge in [-0.25, -0.2) is 13.8 Å². The van der Waals surface area contributed by atoms with Gasteiger partial charge in [-0.2, -0.15) is 0 Å². The first-order valence-corrected chi connectivity index (χ1v) is 10.6. The highest BCUT2D eigenvalue weighted by Gasteiger charge is 2.36. The lowest BCUT2D eigenvalue weighted by atomic mass is 10.0. The summed E-state index contributed by atoms with van der Waals surface area (Å²) >= 11 is 0. The van der Waals surface area contributed by atoms with Gasteiger partial charge in [0, 0.05) is 56.0 Å². The van der Waals surface area contributed by atoms with E-state index in [1.54, 1.807) is 12.1 Å². The maximum Gasteiger partial charge on any atom is 0.255 e. The van der Waals surface area contributed by atoms with Crippen molar-refractivity contribution >= 4 is 23.3 Å². The smallest absolute Gasteiger partial charge is 0.255 e. The number of carbonyl (C=O) groups is 2. The number of piperidine rings is 1. The number of aromatic nitrogens is 1. The number of nitrogens with one attached hydrogen (secondary N) is 1. The van der Waals surface area contributed by atoms with Crippen LogP contribution in [0.2, 0.25) is 0 Å². The van der Waals surface area contributed by atoms with Gasteiger partial charge in [0.1, 0.15) is 5.82 Å². The molecule has 2 aromatic rings. The number of hydrogen-bond donors (Lipinski definition) is 1. The molecule has 31 heavy (non-hydrogen) atoms. The monoisotopic (exact) mass is 428 g/mol. The van der Waals surface area contributed by atoms with Crippen molar-refractivity contribution in [3.63, 3.8) is 0 Å². The van der Waals surface area contributed by atoms with Crippen molar-refractivity contribution < 1.29 is 18.4 Å². The number of carbonyl (C=O) groups excluding carboxylic acids is 2. The van der Waals surface area contributed by atoms with Gasteiger partial charge < -0.3 is 15.1 Å². The van der Waals surface area contributed by atoms with E-state index in [2.05, 4.69) is 22.1 Å². The molecule has 1 aromatic heterocycles. The summed E-state index contributed by atoms with van der Waals surface area (Å²) in [5, 5.41) is 2.78. The molecule has 4 rings (SSSR count). The maximum absolute atomic E-state index is 13.4. The molecule has 1 aromatic carbocycles. The summed E-state index contributed by atoms with van der Waals surface area (Å²) in [6, 6.07) is 9.33. The summed E-state index contributed by atoms with van der Waals surface area (Å²) in [6.07, 6.45) is 1.66. The first-order valence-electron chi connectivity index (χ1n) is 10.6. The number of likely N-dealkylation sites (tertiary alicyclic amines) is 1. The van der Waals surface area contributed by atoms with E-state index < -0.39 is 5.92 Å². The Labute approximate surface area is 180 Å². The number of alkyl halides is 2. The predicted octanol–water partition coefficient (Wildman–Crippen LogP) is 3.79. The van der Waals surface area contributed by atoms with Crippen LogP contribution in [0.5, 0.6) is 0 Å². The molecule has 0 bridgehead atoms. The Hall–Kier alpha value is -3.03. The fourth-order valence-corrected chi connectivity index (χ4v) is 4.24. The number of pyridine rings is 1. The Balaban J connectivity index is 1.53. The summed E-state index contributed by atoms with van der Waals surface area (Å²) in [7, 11) is 0. The van der Waals surface area contributed by atoms with Crippen LogP contribution < -0.4 is 10.2 Å². The van der Waals surface area contributed by atoms with Crippen LogP contribution in [0.4, 0.5) is 20.3 Å². The molecule has 3 heterocycles. The van der Waals surface area contributed by atoms with Crippen LogP contribution >= 0.6 is 0 Å². The van der Waals surface area contributed by atoms with Crippen molar-refractivity contribution in [2.45, 2.75) is 45.1 Å². The Morgan fingerprint density at radius 3 is 2.48 bits per heavy atom. The largest absolute Gasteiger partial charge is 0.352 e. The molecule has 1 atom stereocenters. The number of nitrogens with zero attached hydrogens (tertiary/aromatic N) is 3. The number of anilines is 2. The molecular weight excluding hydrogens is 402 g/mol. The van der Waals surface area contributed by atoms with E-state index in [0.29, 0.717) is 17.7 Å². The van der Waals surface area contributed by atoms with Gasteiger partial charge >= 0.3 is 0 Å². The number of hydrogen-bond acceptors (Lipinski definition) is 4. The van der Waals surface area contributed by atoms with Gasteiger partial charge in [-0.1, -0.05) is 0 Å². The number of benzene rings is 1. The number of rotatable bonds is 4. The summed E-state index contributed by atoms with van der Waals surface area (Å²) in [4.78, 5) is 32.9. The second-order valence-corrected chi connectivity index (χ2v) is 8.18. The van der Waals surface area contributed by atoms with Crippen LogP contribution in [0, 0.1) is 0 Å². The van der Waals surface area contributed by atoms with Gasteiger partial charge in [0.25, 0.3) is 17.7 Å². The molecule has 2 amide bonds.